The Morgan fingerprint density at radius 2 is 2.16 bits per heavy atom. The third-order valence-corrected chi connectivity index (χ3v) is 5.62. The van der Waals surface area contributed by atoms with Crippen molar-refractivity contribution in [3.63, 3.8) is 0 Å². The highest BCUT2D eigenvalue weighted by Crippen LogP contribution is 2.27. The van der Waals surface area contributed by atoms with Crippen molar-refractivity contribution in [2.45, 2.75) is 38.6 Å². The van der Waals surface area contributed by atoms with Crippen molar-refractivity contribution < 1.29 is 14.3 Å². The SMILES string of the molecule is C=CCn1c(=NC(=O)CC2CCCC2)sc2cc(C(=O)OC)ccc21. The maximum atomic E-state index is 12.3. The van der Waals surface area contributed by atoms with Crippen LogP contribution < -0.4 is 4.80 Å². The predicted octanol–water partition coefficient (Wildman–Crippen LogP) is 3.68. The van der Waals surface area contributed by atoms with Crippen LogP contribution in [0.2, 0.25) is 0 Å². The molecule has 1 heterocycles. The highest BCUT2D eigenvalue weighted by molar-refractivity contribution is 7.16. The number of thiazole rings is 1. The van der Waals surface area contributed by atoms with Crippen LogP contribution in [0.15, 0.2) is 35.8 Å². The van der Waals surface area contributed by atoms with Crippen LogP contribution in [0.5, 0.6) is 0 Å². The number of benzene rings is 1. The van der Waals surface area contributed by atoms with Crippen LogP contribution >= 0.6 is 11.3 Å². The van der Waals surface area contributed by atoms with E-state index in [0.29, 0.717) is 29.2 Å². The maximum Gasteiger partial charge on any atom is 0.337 e. The van der Waals surface area contributed by atoms with Gasteiger partial charge in [-0.3, -0.25) is 4.79 Å². The highest BCUT2D eigenvalue weighted by Gasteiger charge is 2.18. The topological polar surface area (TPSA) is 60.7 Å². The number of hydrogen-bond donors (Lipinski definition) is 0. The van der Waals surface area contributed by atoms with Crippen LogP contribution in [0.3, 0.4) is 0 Å². The average Bonchev–Trinajstić information content (AvgIpc) is 3.22. The molecule has 0 radical (unpaired) electrons. The zero-order chi connectivity index (χ0) is 17.8. The van der Waals surface area contributed by atoms with Crippen molar-refractivity contribution in [1.29, 1.82) is 0 Å². The van der Waals surface area contributed by atoms with E-state index in [1.165, 1.54) is 31.3 Å². The summed E-state index contributed by atoms with van der Waals surface area (Å²) < 4.78 is 7.63. The Hall–Kier alpha value is -2.21. The fraction of sp³-hybridized carbons (Fsp3) is 0.421. The molecule has 132 valence electrons. The lowest BCUT2D eigenvalue weighted by Crippen LogP contribution is -2.17. The molecule has 1 aliphatic carbocycles. The Bertz CT molecular complexity index is 872. The van der Waals surface area contributed by atoms with Gasteiger partial charge in [0.1, 0.15) is 0 Å². The van der Waals surface area contributed by atoms with Crippen LogP contribution in [0.1, 0.15) is 42.5 Å². The number of allylic oxidation sites excluding steroid dienone is 1. The number of amides is 1. The molecule has 0 unspecified atom stereocenters. The van der Waals surface area contributed by atoms with Crippen molar-refractivity contribution in [3.8, 4) is 0 Å². The molecule has 1 aromatic heterocycles. The van der Waals surface area contributed by atoms with Gasteiger partial charge in [0, 0.05) is 13.0 Å². The number of carbonyl (C=O) groups is 2. The third kappa shape index (κ3) is 3.90. The van der Waals surface area contributed by atoms with Crippen LogP contribution in [-0.4, -0.2) is 23.6 Å². The van der Waals surface area contributed by atoms with E-state index in [1.807, 2.05) is 10.6 Å². The molecule has 6 heteroatoms. The third-order valence-electron chi connectivity index (χ3n) is 4.57. The summed E-state index contributed by atoms with van der Waals surface area (Å²) in [6, 6.07) is 5.37. The summed E-state index contributed by atoms with van der Waals surface area (Å²) in [6.07, 6.45) is 6.99. The lowest BCUT2D eigenvalue weighted by molar-refractivity contribution is -0.118. The number of carbonyl (C=O) groups excluding carboxylic acids is 2. The lowest BCUT2D eigenvalue weighted by atomic mass is 10.0. The zero-order valence-electron chi connectivity index (χ0n) is 14.4. The van der Waals surface area contributed by atoms with Gasteiger partial charge in [0.15, 0.2) is 4.80 Å². The van der Waals surface area contributed by atoms with E-state index in [0.717, 1.165) is 23.1 Å². The molecule has 0 bridgehead atoms. The standard InChI is InChI=1S/C19H22N2O3S/c1-3-10-21-15-9-8-14(18(23)24-2)12-16(15)25-19(21)20-17(22)11-13-6-4-5-7-13/h3,8-9,12-13H,1,4-7,10-11H2,2H3. The maximum absolute atomic E-state index is 12.3. The molecule has 0 N–H and O–H groups in total. The first kappa shape index (κ1) is 17.6. The average molecular weight is 358 g/mol. The Labute approximate surface area is 150 Å². The molecule has 3 rings (SSSR count). The minimum Gasteiger partial charge on any atom is -0.465 e. The van der Waals surface area contributed by atoms with Gasteiger partial charge in [-0.2, -0.15) is 4.99 Å². The van der Waals surface area contributed by atoms with Gasteiger partial charge in [-0.25, -0.2) is 4.79 Å². The lowest BCUT2D eigenvalue weighted by Gasteiger charge is -2.04. The van der Waals surface area contributed by atoms with Crippen molar-refractivity contribution in [1.82, 2.24) is 4.57 Å². The Morgan fingerprint density at radius 3 is 2.84 bits per heavy atom. The predicted molar refractivity (Wildman–Crippen MR) is 98.5 cm³/mol. The zero-order valence-corrected chi connectivity index (χ0v) is 15.2. The Balaban J connectivity index is 1.98. The van der Waals surface area contributed by atoms with Crippen LogP contribution in [0.25, 0.3) is 10.2 Å². The second-order valence-electron chi connectivity index (χ2n) is 6.32. The van der Waals surface area contributed by atoms with Gasteiger partial charge in [-0.15, -0.1) is 6.58 Å². The molecular weight excluding hydrogens is 336 g/mol. The Morgan fingerprint density at radius 1 is 1.40 bits per heavy atom. The first-order chi connectivity index (χ1) is 12.1. The Kier molecular flexibility index (Phi) is 5.48. The van der Waals surface area contributed by atoms with E-state index in [1.54, 1.807) is 18.2 Å². The highest BCUT2D eigenvalue weighted by atomic mass is 32.1. The second-order valence-corrected chi connectivity index (χ2v) is 7.33. The van der Waals surface area contributed by atoms with Gasteiger partial charge >= 0.3 is 5.97 Å². The number of nitrogens with zero attached hydrogens (tertiary/aromatic N) is 2. The molecule has 25 heavy (non-hydrogen) atoms. The van der Waals surface area contributed by atoms with Gasteiger partial charge < -0.3 is 9.30 Å². The number of esters is 1. The molecular formula is C19H22N2O3S. The molecule has 0 aliphatic heterocycles. The summed E-state index contributed by atoms with van der Waals surface area (Å²) in [5.74, 6) is 0.0373. The van der Waals surface area contributed by atoms with Gasteiger partial charge in [-0.05, 0) is 37.0 Å². The summed E-state index contributed by atoms with van der Waals surface area (Å²) in [6.45, 7) is 4.35. The number of fused-ring (bicyclic) bond motifs is 1. The summed E-state index contributed by atoms with van der Waals surface area (Å²) in [7, 11) is 1.36. The molecule has 1 aliphatic rings. The van der Waals surface area contributed by atoms with Crippen LogP contribution in [0.4, 0.5) is 0 Å². The van der Waals surface area contributed by atoms with Crippen molar-refractivity contribution >= 4 is 33.4 Å². The molecule has 2 aromatic rings. The molecule has 1 amide bonds. The van der Waals surface area contributed by atoms with Crippen molar-refractivity contribution in [3.05, 3.63) is 41.2 Å². The molecule has 0 spiro atoms. The van der Waals surface area contributed by atoms with E-state index in [-0.39, 0.29) is 11.9 Å². The summed E-state index contributed by atoms with van der Waals surface area (Å²) in [5, 5.41) is 0. The molecule has 5 nitrogen and oxygen atoms in total. The first-order valence-corrected chi connectivity index (χ1v) is 9.34. The fourth-order valence-corrected chi connectivity index (χ4v) is 4.42. The second kappa shape index (κ2) is 7.78. The number of hydrogen-bond acceptors (Lipinski definition) is 4. The van der Waals surface area contributed by atoms with Crippen molar-refractivity contribution in [2.24, 2.45) is 10.9 Å². The number of methoxy groups -OCH3 is 1. The summed E-state index contributed by atoms with van der Waals surface area (Å²) >= 11 is 1.41. The normalized spacial score (nSPS) is 15.6. The quantitative estimate of drug-likeness (QED) is 0.605. The minimum atomic E-state index is -0.374. The smallest absolute Gasteiger partial charge is 0.337 e. The van der Waals surface area contributed by atoms with E-state index < -0.39 is 0 Å². The molecule has 0 atom stereocenters. The van der Waals surface area contributed by atoms with E-state index >= 15 is 0 Å². The molecule has 1 aromatic carbocycles. The number of rotatable bonds is 5. The van der Waals surface area contributed by atoms with E-state index in [2.05, 4.69) is 11.6 Å². The summed E-state index contributed by atoms with van der Waals surface area (Å²) in [5.41, 5.74) is 1.43. The molecule has 0 saturated heterocycles. The van der Waals surface area contributed by atoms with Gasteiger partial charge in [0.2, 0.25) is 5.91 Å². The number of ether oxygens (including phenoxy) is 1. The van der Waals surface area contributed by atoms with Crippen LogP contribution in [-0.2, 0) is 16.1 Å². The van der Waals surface area contributed by atoms with E-state index in [4.69, 9.17) is 4.74 Å². The van der Waals surface area contributed by atoms with Gasteiger partial charge in [-0.1, -0.05) is 30.3 Å². The van der Waals surface area contributed by atoms with Gasteiger partial charge in [0.25, 0.3) is 0 Å². The van der Waals surface area contributed by atoms with E-state index in [9.17, 15) is 9.59 Å². The number of aromatic nitrogens is 1. The van der Waals surface area contributed by atoms with Gasteiger partial charge in [0.05, 0.1) is 22.9 Å². The molecule has 1 saturated carbocycles. The largest absolute Gasteiger partial charge is 0.465 e. The molecule has 1 fully saturated rings. The van der Waals surface area contributed by atoms with Crippen LogP contribution in [0, 0.1) is 5.92 Å². The first-order valence-electron chi connectivity index (χ1n) is 8.52. The fourth-order valence-electron chi connectivity index (χ4n) is 3.32. The summed E-state index contributed by atoms with van der Waals surface area (Å²) in [4.78, 5) is 29.1. The van der Waals surface area contributed by atoms with Crippen molar-refractivity contribution in [2.75, 3.05) is 7.11 Å². The minimum absolute atomic E-state index is 0.0653. The monoisotopic (exact) mass is 358 g/mol.